The van der Waals surface area contributed by atoms with E-state index < -0.39 is 0 Å². The molecule has 11 heteroatoms. The molecule has 0 heterocycles. The predicted octanol–water partition coefficient (Wildman–Crippen LogP) is -6.70. The molecule has 79 valence electrons. The maximum absolute atomic E-state index is 0. The fourth-order valence-electron chi connectivity index (χ4n) is 0. The van der Waals surface area contributed by atoms with Gasteiger partial charge in [-0.25, -0.2) is 0 Å². The first kappa shape index (κ1) is 791. The van der Waals surface area contributed by atoms with Crippen molar-refractivity contribution >= 4 is 0 Å². The van der Waals surface area contributed by atoms with E-state index in [4.69, 9.17) is 0 Å². The molecule has 0 saturated carbocycles. The van der Waals surface area contributed by atoms with E-state index in [2.05, 4.69) is 0 Å². The predicted molar refractivity (Wildman–Crippen MR) is 30.2 cm³/mol. The van der Waals surface area contributed by atoms with Gasteiger partial charge in [-0.2, -0.15) is 0 Å². The summed E-state index contributed by atoms with van der Waals surface area (Å²) in [6.45, 7) is 0. The summed E-state index contributed by atoms with van der Waals surface area (Å²) in [5.41, 5.74) is 0. The molecule has 0 aromatic carbocycles. The van der Waals surface area contributed by atoms with Gasteiger partial charge in [0.1, 0.15) is 0 Å². The van der Waals surface area contributed by atoms with Crippen LogP contribution in [0.1, 0.15) is 0 Å². The van der Waals surface area contributed by atoms with E-state index >= 15 is 0 Å². The van der Waals surface area contributed by atoms with E-state index in [1.165, 1.54) is 0 Å². The molecule has 0 saturated heterocycles. The molecule has 0 bridgehead atoms. The van der Waals surface area contributed by atoms with E-state index in [9.17, 15) is 0 Å². The third kappa shape index (κ3) is 495. The summed E-state index contributed by atoms with van der Waals surface area (Å²) in [7, 11) is 0. The Morgan fingerprint density at radius 1 is 0.273 bits per heavy atom. The summed E-state index contributed by atoms with van der Waals surface area (Å²) < 4.78 is 0. The van der Waals surface area contributed by atoms with Crippen molar-refractivity contribution in [2.75, 3.05) is 0 Å². The van der Waals surface area contributed by atoms with Crippen LogP contribution in [0, 0.1) is 0 Å². The molecule has 0 amide bonds. The Labute approximate surface area is 99.2 Å². The quantitative estimate of drug-likeness (QED) is 0.377. The van der Waals surface area contributed by atoms with Crippen molar-refractivity contribution in [2.45, 2.75) is 0 Å². The second kappa shape index (κ2) is 606. The average Bonchev–Trinajstić information content (AvgIpc) is 0. The molecule has 0 aliphatic rings. The molecular weight excluding hydrogens is 281 g/mol. The maximum atomic E-state index is 0. The molecule has 11 heavy (non-hydrogen) atoms. The van der Waals surface area contributed by atoms with Crippen LogP contribution in [-0.2, 0) is 61.1 Å². The second-order valence-corrected chi connectivity index (χ2v) is 0. The molecule has 0 aliphatic carbocycles. The van der Waals surface area contributed by atoms with Crippen molar-refractivity contribution in [3.8, 4) is 0 Å². The van der Waals surface area contributed by atoms with E-state index in [1.807, 2.05) is 0 Å². The van der Waals surface area contributed by atoms with Gasteiger partial charge in [0.25, 0.3) is 0 Å². The molecule has 0 aromatic rings. The van der Waals surface area contributed by atoms with Gasteiger partial charge in [-0.1, -0.05) is 0 Å². The average molecular weight is 298 g/mol. The minimum atomic E-state index is 0. The van der Waals surface area contributed by atoms with Crippen LogP contribution in [0.25, 0.3) is 0 Å². The molecule has 0 spiro atoms. The van der Waals surface area contributed by atoms with Crippen LogP contribution < -0.4 is 0 Å². The van der Waals surface area contributed by atoms with Crippen LogP contribution in [-0.4, -0.2) is 38.3 Å². The summed E-state index contributed by atoms with van der Waals surface area (Å²) in [6.07, 6.45) is 0. The topological polar surface area (TPSA) is 254 Å². The molecule has 0 fully saturated rings. The molecule has 0 aliphatic heterocycles. The molecule has 0 aromatic heterocycles. The molecule has 0 rings (SSSR count). The van der Waals surface area contributed by atoms with E-state index in [0.29, 0.717) is 0 Å². The Morgan fingerprint density at radius 3 is 0.273 bits per heavy atom. The van der Waals surface area contributed by atoms with Crippen molar-refractivity contribution in [3.05, 3.63) is 0 Å². The molecule has 8 nitrogen and oxygen atoms in total. The first-order chi connectivity index (χ1) is 0. The third-order valence-electron chi connectivity index (χ3n) is 0. The van der Waals surface area contributed by atoms with Gasteiger partial charge in [-0.3, -0.25) is 0 Å². The van der Waals surface area contributed by atoms with Crippen LogP contribution in [0.3, 0.4) is 0 Å². The normalized spacial score (nSPS) is 0. The number of hydrogen-bond acceptors (Lipinski definition) is 0. The van der Waals surface area contributed by atoms with Crippen LogP contribution in [0.4, 0.5) is 0 Å². The molecule has 17 N–H and O–H groups in total. The van der Waals surface area contributed by atoms with Gasteiger partial charge in [0.2, 0.25) is 0 Å². The standard InChI is InChI=1S/8H2O.3V/h8*1H2;;;/p+1. The van der Waals surface area contributed by atoms with Crippen molar-refractivity contribution < 1.29 is 99.5 Å². The first-order valence-corrected chi connectivity index (χ1v) is 0. The van der Waals surface area contributed by atoms with Gasteiger partial charge in [-0.15, -0.1) is 0 Å². The van der Waals surface area contributed by atoms with Gasteiger partial charge < -0.3 is 43.8 Å². The molecule has 3 radical (unpaired) electrons. The second-order valence-electron chi connectivity index (χ2n) is 0. The zero-order valence-electron chi connectivity index (χ0n) is 5.42. The Balaban J connectivity index is 0. The van der Waals surface area contributed by atoms with E-state index in [1.54, 1.807) is 0 Å². The SMILES string of the molecule is O.O.O.O.O.O.O.[OH3+].[V].[V].[V]. The van der Waals surface area contributed by atoms with Gasteiger partial charge >= 0.3 is 0 Å². The first-order valence-electron chi connectivity index (χ1n) is 0. The molecule has 0 unspecified atom stereocenters. The van der Waals surface area contributed by atoms with Crippen LogP contribution in [0.5, 0.6) is 0 Å². The molecule has 0 atom stereocenters. The minimum absolute atomic E-state index is 0. The van der Waals surface area contributed by atoms with Gasteiger partial charge in [0.05, 0.1) is 0 Å². The zero-order chi connectivity index (χ0) is 0. The smallest absolute Gasteiger partial charge is 0 e. The Morgan fingerprint density at radius 2 is 0.273 bits per heavy atom. The van der Waals surface area contributed by atoms with Crippen molar-refractivity contribution in [2.24, 2.45) is 0 Å². The summed E-state index contributed by atoms with van der Waals surface area (Å²) in [4.78, 5) is 0. The van der Waals surface area contributed by atoms with Crippen molar-refractivity contribution in [3.63, 3.8) is 0 Å². The van der Waals surface area contributed by atoms with Crippen LogP contribution >= 0.6 is 0 Å². The van der Waals surface area contributed by atoms with Crippen molar-refractivity contribution in [1.29, 1.82) is 0 Å². The Bertz CT molecular complexity index is 9.30. The van der Waals surface area contributed by atoms with Gasteiger partial charge in [0.15, 0.2) is 0 Å². The monoisotopic (exact) mass is 298 g/mol. The van der Waals surface area contributed by atoms with Gasteiger partial charge in [-0.05, 0) is 0 Å². The summed E-state index contributed by atoms with van der Waals surface area (Å²) >= 11 is 0. The van der Waals surface area contributed by atoms with Crippen molar-refractivity contribution in [1.82, 2.24) is 0 Å². The summed E-state index contributed by atoms with van der Waals surface area (Å²) in [6, 6.07) is 0. The van der Waals surface area contributed by atoms with E-state index in [0.717, 1.165) is 0 Å². The number of rotatable bonds is 0. The Hall–Kier alpha value is 1.43. The zero-order valence-corrected chi connectivity index (χ0v) is 9.61. The van der Waals surface area contributed by atoms with E-state index in [-0.39, 0.29) is 99.5 Å². The maximum Gasteiger partial charge on any atom is 0 e. The van der Waals surface area contributed by atoms with Crippen LogP contribution in [0.15, 0.2) is 0 Å². The summed E-state index contributed by atoms with van der Waals surface area (Å²) in [5.74, 6) is 0. The minimum Gasteiger partial charge on any atom is -0.457 e. The largest absolute Gasteiger partial charge is 0.457 e. The fourth-order valence-corrected chi connectivity index (χ4v) is 0. The van der Waals surface area contributed by atoms with Gasteiger partial charge in [0, 0.05) is 55.7 Å². The summed E-state index contributed by atoms with van der Waals surface area (Å²) in [5, 5.41) is 0. The number of hydrogen-bond donors (Lipinski definition) is 0. The third-order valence-corrected chi connectivity index (χ3v) is 0. The fraction of sp³-hybridized carbons (Fsp3) is 0. The van der Waals surface area contributed by atoms with Crippen LogP contribution in [0.2, 0.25) is 0 Å². The Kier molecular flexibility index (Phi) is 43600. The molecular formula is H17O8V3+.